The number of ether oxygens (including phenoxy) is 6. The number of phenolic OH excluding ortho intramolecular Hbond substituents is 2. The second-order valence-electron chi connectivity index (χ2n) is 36.2. The van der Waals surface area contributed by atoms with Gasteiger partial charge in [0.15, 0.2) is 92.1 Å². The van der Waals surface area contributed by atoms with Crippen LogP contribution in [-0.2, 0) is 32.7 Å². The number of hydrogen-bond acceptors (Lipinski definition) is 8. The number of fused-ring (bicyclic) bond motifs is 15. The molecule has 0 amide bonds. The Hall–Kier alpha value is -13.2. The van der Waals surface area contributed by atoms with E-state index in [0.29, 0.717) is 5.75 Å². The molecule has 0 spiro atoms. The summed E-state index contributed by atoms with van der Waals surface area (Å²) in [6, 6.07) is 152. The number of benzene rings is 18. The third-order valence-electron chi connectivity index (χ3n) is 24.1. The van der Waals surface area contributed by atoms with E-state index >= 15 is 0 Å². The molecule has 1 fully saturated rings. The van der Waals surface area contributed by atoms with E-state index in [0.717, 1.165) is 51.7 Å². The summed E-state index contributed by atoms with van der Waals surface area (Å²) in [6.45, 7) is 14.7. The number of thiophene rings is 3. The Kier molecular flexibility index (Phi) is 27.4. The minimum absolute atomic E-state index is 0.00854. The second-order valence-corrected chi connectivity index (χ2v) is 49.2. The Morgan fingerprint density at radius 1 is 0.246 bits per heavy atom. The van der Waals surface area contributed by atoms with Gasteiger partial charge in [0.25, 0.3) is 0 Å². The molecular formula is C123H105IO8S6+6. The van der Waals surface area contributed by atoms with Crippen LogP contribution >= 0.6 is 54.0 Å². The van der Waals surface area contributed by atoms with Crippen molar-refractivity contribution in [3.8, 4) is 77.9 Å². The van der Waals surface area contributed by atoms with E-state index in [4.69, 9.17) is 28.4 Å². The van der Waals surface area contributed by atoms with Gasteiger partial charge in [-0.15, -0.1) is 0 Å². The summed E-state index contributed by atoms with van der Waals surface area (Å²) in [4.78, 5) is 15.1. The molecule has 1 aliphatic carbocycles. The number of phenols is 2. The average Bonchev–Trinajstić information content (AvgIpc) is 1.63. The lowest BCUT2D eigenvalue weighted by molar-refractivity contribution is 0.0487. The van der Waals surface area contributed by atoms with Crippen LogP contribution in [0.15, 0.2) is 481 Å². The molecule has 3 aromatic heterocycles. The number of para-hydroxylation sites is 6. The van der Waals surface area contributed by atoms with E-state index in [1.807, 2.05) is 97.1 Å². The van der Waals surface area contributed by atoms with Crippen molar-refractivity contribution >= 4 is 147 Å². The van der Waals surface area contributed by atoms with Crippen LogP contribution in [-0.4, -0.2) is 27.0 Å². The molecular weight excluding hydrogens is 1920 g/mol. The smallest absolute Gasteiger partial charge is 0.209 e. The highest BCUT2D eigenvalue weighted by atomic mass is 127. The largest absolute Gasteiger partial charge is 0.508 e. The molecule has 2 N–H and O–H groups in total. The third-order valence-corrected chi connectivity index (χ3v) is 38.7. The van der Waals surface area contributed by atoms with Crippen molar-refractivity contribution in [1.82, 2.24) is 0 Å². The van der Waals surface area contributed by atoms with Crippen LogP contribution < -0.4 is 28.4 Å². The fourth-order valence-electron chi connectivity index (χ4n) is 18.1. The molecule has 0 radical (unpaired) electrons. The summed E-state index contributed by atoms with van der Waals surface area (Å²) in [5, 5.41) is 27.2. The standard InChI is InChI=1S/C25H25OS.C22H21O2S.C22H21OS.C18H12IOS.C18H12O2S.C18H12OS/c1-25(17-7-2-8-18-25)26-19-13-15-20(16-14-19)27-23-11-5-3-9-21(23)22-10-4-6-12-24(22)27;1-22(2,3)24-16-12-14-17(15-13-16)25-20-10-6-4-8-18(20)23-19-9-5-7-11-21(19)25;1-22(2,3)23-16-12-14-17(15-13-16)24-20-10-6-4-8-18(20)19-9-5-7-11-21(19)24;2*19-13-9-11-14(12-10-13)21-17-7-3-1-5-15(17)20-16-6-2-4-8-18(16)21;19-13-9-11-14(12-10-13)20-17-7-3-1-5-15(17)16-6-2-4-8-18(16)20/h3-6,9-16H,2,7-8,17-18H2,1H3;4-15H,1-3H3;4-15H,1-3H3;2*1-12H;1-12H/q4*+1;;/p+2. The Balaban J connectivity index is 0.000000102. The molecule has 4 aliphatic rings. The van der Waals surface area contributed by atoms with E-state index in [-0.39, 0.29) is 86.6 Å². The van der Waals surface area contributed by atoms with E-state index in [1.54, 1.807) is 24.3 Å². The average molecular weight is 2030 g/mol. The lowest BCUT2D eigenvalue weighted by atomic mass is 9.86. The van der Waals surface area contributed by atoms with Crippen LogP contribution in [0.5, 0.6) is 63.2 Å². The summed E-state index contributed by atoms with van der Waals surface area (Å²) >= 11 is 2.35. The highest BCUT2D eigenvalue weighted by Gasteiger charge is 2.43. The van der Waals surface area contributed by atoms with E-state index in [1.165, 1.54) is 155 Å². The molecule has 21 aromatic rings. The van der Waals surface area contributed by atoms with Crippen LogP contribution in [0.25, 0.3) is 75.2 Å². The lowest BCUT2D eigenvalue weighted by Gasteiger charge is -2.34. The van der Waals surface area contributed by atoms with Crippen molar-refractivity contribution in [2.24, 2.45) is 0 Å². The van der Waals surface area contributed by atoms with Gasteiger partial charge in [-0.05, 0) is 352 Å². The number of halogens is 1. The molecule has 6 heterocycles. The van der Waals surface area contributed by atoms with E-state index < -0.39 is 0 Å². The number of aromatic hydroxyl groups is 2. The van der Waals surface area contributed by atoms with Gasteiger partial charge < -0.3 is 38.6 Å². The maximum absolute atomic E-state index is 9.52. The third kappa shape index (κ3) is 20.3. The van der Waals surface area contributed by atoms with Gasteiger partial charge in [-0.3, -0.25) is 0 Å². The van der Waals surface area contributed by atoms with Gasteiger partial charge in [-0.25, -0.2) is 0 Å². The fraction of sp³-hybridized carbons (Fsp3) is 0.122. The molecule has 3 aliphatic heterocycles. The van der Waals surface area contributed by atoms with E-state index in [2.05, 4.69) is 387 Å². The number of hydrogen-bond donors (Lipinski definition) is 2. The number of rotatable bonds is 10. The Morgan fingerprint density at radius 3 is 0.717 bits per heavy atom. The van der Waals surface area contributed by atoms with Crippen LogP contribution in [0.3, 0.4) is 0 Å². The van der Waals surface area contributed by atoms with Crippen molar-refractivity contribution in [3.05, 3.63) is 440 Å². The quantitative estimate of drug-likeness (QED) is 0.103. The summed E-state index contributed by atoms with van der Waals surface area (Å²) in [5.41, 5.74) is -0.355. The lowest BCUT2D eigenvalue weighted by Crippen LogP contribution is -2.34. The Labute approximate surface area is 837 Å². The van der Waals surface area contributed by atoms with Gasteiger partial charge in [0.2, 0.25) is 29.4 Å². The van der Waals surface area contributed by atoms with Crippen LogP contribution in [0.2, 0.25) is 0 Å². The molecule has 0 saturated heterocycles. The molecule has 25 rings (SSSR count). The van der Waals surface area contributed by atoms with Crippen molar-refractivity contribution in [2.45, 2.75) is 141 Å². The molecule has 138 heavy (non-hydrogen) atoms. The molecule has 0 bridgehead atoms. The minimum Gasteiger partial charge on any atom is -0.508 e. The first-order valence-electron chi connectivity index (χ1n) is 46.6. The first-order chi connectivity index (χ1) is 67.3. The normalized spacial score (nSPS) is 13.4. The highest BCUT2D eigenvalue weighted by Crippen LogP contribution is 2.55. The van der Waals surface area contributed by atoms with Gasteiger partial charge in [-0.1, -0.05) is 152 Å². The zero-order valence-corrected chi connectivity index (χ0v) is 84.8. The highest BCUT2D eigenvalue weighted by molar-refractivity contribution is 14.1. The Bertz CT molecular complexity index is 7460. The predicted octanol–water partition coefficient (Wildman–Crippen LogP) is 36.3. The molecule has 1 saturated carbocycles. The summed E-state index contributed by atoms with van der Waals surface area (Å²) in [6.07, 6.45) is 6.25. The molecule has 682 valence electrons. The van der Waals surface area contributed by atoms with Crippen LogP contribution in [0.4, 0.5) is 0 Å². The first-order valence-corrected chi connectivity index (χ1v) is 55.0. The van der Waals surface area contributed by atoms with Gasteiger partial charge in [0.1, 0.15) is 78.2 Å². The van der Waals surface area contributed by atoms with Crippen molar-refractivity contribution < 1.29 is 38.6 Å². The van der Waals surface area contributed by atoms with Crippen LogP contribution in [0, 0.1) is 3.57 Å². The maximum atomic E-state index is 9.52. The van der Waals surface area contributed by atoms with Crippen LogP contribution in [0.1, 0.15) is 80.6 Å². The predicted molar refractivity (Wildman–Crippen MR) is 589 cm³/mol. The molecule has 18 aromatic carbocycles. The zero-order chi connectivity index (χ0) is 94.4. The van der Waals surface area contributed by atoms with Gasteiger partial charge in [-0.2, -0.15) is 0 Å². The van der Waals surface area contributed by atoms with Crippen molar-refractivity contribution in [1.29, 1.82) is 0 Å². The summed E-state index contributed by atoms with van der Waals surface area (Å²) in [7, 11) is -0.576. The van der Waals surface area contributed by atoms with Crippen molar-refractivity contribution in [2.75, 3.05) is 0 Å². The molecule has 15 heteroatoms. The second kappa shape index (κ2) is 40.8. The Morgan fingerprint density at radius 2 is 0.457 bits per heavy atom. The monoisotopic (exact) mass is 2030 g/mol. The topological polar surface area (TPSA) is 95.8 Å². The van der Waals surface area contributed by atoms with Gasteiger partial charge in [0, 0.05) is 104 Å². The van der Waals surface area contributed by atoms with Gasteiger partial charge >= 0.3 is 0 Å². The summed E-state index contributed by atoms with van der Waals surface area (Å²) < 4.78 is 46.2. The SMILES string of the molecule is CC(C)(C)Oc1ccc(-[s+]2c3ccccc3c3ccccc32)cc1.CC(C)(C)Oc1ccc([S+]2c3ccccc3Oc3ccccc32)cc1.CC1(Oc2ccc(-[s+]3c4ccccc4c4ccccc43)cc2)CCCCC1.Ic1ccc([S+]2c3ccccc3Oc3ccccc32)cc1.Oc1ccc(-[s+]2c3ccccc3c3ccccc32)cc1.Oc1ccc([S+]2c3ccccc3Oc3ccccc32)cc1. The molecule has 0 unspecified atom stereocenters. The maximum Gasteiger partial charge on any atom is 0.209 e. The van der Waals surface area contributed by atoms with Gasteiger partial charge in [0.05, 0.1) is 0 Å². The summed E-state index contributed by atoms with van der Waals surface area (Å²) in [5.74, 6) is 9.09. The molecule has 8 nitrogen and oxygen atoms in total. The van der Waals surface area contributed by atoms with Crippen molar-refractivity contribution in [3.63, 3.8) is 0 Å². The fourth-order valence-corrected chi connectivity index (χ4v) is 32.2. The van der Waals surface area contributed by atoms with E-state index in [9.17, 15) is 10.2 Å². The minimum atomic E-state index is -0.202. The first kappa shape index (κ1) is 92.5. The zero-order valence-electron chi connectivity index (χ0n) is 77.8. The molecule has 0 atom stereocenters.